The maximum Gasteiger partial charge on any atom is 0.271 e. The molecule has 2 aromatic carbocycles. The Morgan fingerprint density at radius 2 is 2.09 bits per heavy atom. The van der Waals surface area contributed by atoms with Crippen molar-refractivity contribution in [2.75, 3.05) is 24.4 Å². The lowest BCUT2D eigenvalue weighted by Gasteiger charge is -2.15. The molecule has 0 unspecified atom stereocenters. The van der Waals surface area contributed by atoms with E-state index < -0.39 is 16.1 Å². The van der Waals surface area contributed by atoms with Crippen LogP contribution in [-0.2, 0) is 10.0 Å². The number of H-pyrrole nitrogens is 1. The van der Waals surface area contributed by atoms with E-state index in [9.17, 15) is 13.5 Å². The summed E-state index contributed by atoms with van der Waals surface area (Å²) in [5, 5.41) is 23.8. The van der Waals surface area contributed by atoms with Crippen LogP contribution < -0.4 is 14.8 Å². The highest BCUT2D eigenvalue weighted by atomic mass is 35.5. The van der Waals surface area contributed by atoms with Gasteiger partial charge in [0.2, 0.25) is 0 Å². The van der Waals surface area contributed by atoms with Crippen LogP contribution >= 0.6 is 22.9 Å². The summed E-state index contributed by atoms with van der Waals surface area (Å²) < 4.78 is 33.4. The normalized spacial score (nSPS) is 12.7. The molecule has 4 rings (SSSR count). The van der Waals surface area contributed by atoms with Crippen molar-refractivity contribution in [2.45, 2.75) is 17.2 Å². The lowest BCUT2D eigenvalue weighted by Crippen LogP contribution is -2.26. The van der Waals surface area contributed by atoms with Gasteiger partial charge < -0.3 is 15.2 Å². The number of aromatic nitrogens is 2. The number of aliphatic hydroxyl groups excluding tert-OH is 1. The van der Waals surface area contributed by atoms with E-state index in [1.54, 1.807) is 23.6 Å². The van der Waals surface area contributed by atoms with Gasteiger partial charge in [0.25, 0.3) is 10.0 Å². The minimum atomic E-state index is -3.73. The smallest absolute Gasteiger partial charge is 0.271 e. The van der Waals surface area contributed by atoms with Gasteiger partial charge >= 0.3 is 0 Å². The first kappa shape index (κ1) is 23.5. The molecule has 0 aliphatic heterocycles. The van der Waals surface area contributed by atoms with Crippen LogP contribution in [0.1, 0.15) is 17.4 Å². The van der Waals surface area contributed by atoms with Crippen molar-refractivity contribution in [1.29, 1.82) is 0 Å². The van der Waals surface area contributed by atoms with Gasteiger partial charge in [-0.15, -0.1) is 11.3 Å². The number of ether oxygens (including phenoxy) is 1. The number of nitrogens with zero attached hydrogens (tertiary/aromatic N) is 1. The summed E-state index contributed by atoms with van der Waals surface area (Å²) in [7, 11) is -3.73. The van der Waals surface area contributed by atoms with Crippen molar-refractivity contribution in [2.24, 2.45) is 0 Å². The number of aryl methyl sites for hydroxylation is 1. The van der Waals surface area contributed by atoms with Crippen LogP contribution in [0.25, 0.3) is 10.9 Å². The highest BCUT2D eigenvalue weighted by Gasteiger charge is 2.18. The fraction of sp³-hybridized carbons (Fsp3) is 0.227. The molecular formula is C22H23ClN4O4S2. The minimum absolute atomic E-state index is 0.188. The molecule has 0 amide bonds. The molecule has 33 heavy (non-hydrogen) atoms. The molecule has 4 aromatic rings. The van der Waals surface area contributed by atoms with E-state index in [2.05, 4.69) is 20.2 Å². The van der Waals surface area contributed by atoms with E-state index >= 15 is 0 Å². The number of rotatable bonds is 10. The number of aliphatic hydroxyl groups is 1. The third-order valence-electron chi connectivity index (χ3n) is 4.98. The number of hydrogen-bond donors (Lipinski definition) is 4. The van der Waals surface area contributed by atoms with Crippen molar-refractivity contribution in [3.05, 3.63) is 70.2 Å². The van der Waals surface area contributed by atoms with E-state index in [4.69, 9.17) is 16.3 Å². The van der Waals surface area contributed by atoms with Gasteiger partial charge in [-0.2, -0.15) is 5.10 Å². The number of thiophene rings is 1. The summed E-state index contributed by atoms with van der Waals surface area (Å²) in [4.78, 5) is 0. The van der Waals surface area contributed by atoms with Crippen molar-refractivity contribution in [3.8, 4) is 5.75 Å². The molecule has 0 saturated carbocycles. The minimum Gasteiger partial charge on any atom is -0.492 e. The first-order chi connectivity index (χ1) is 15.8. The maximum absolute atomic E-state index is 12.5. The zero-order valence-electron chi connectivity index (χ0n) is 17.7. The van der Waals surface area contributed by atoms with E-state index in [0.29, 0.717) is 18.7 Å². The Morgan fingerprint density at radius 1 is 1.24 bits per heavy atom. The van der Waals surface area contributed by atoms with Crippen molar-refractivity contribution < 1.29 is 18.3 Å². The first-order valence-electron chi connectivity index (χ1n) is 10.2. The van der Waals surface area contributed by atoms with Crippen LogP contribution in [0.3, 0.4) is 0 Å². The maximum atomic E-state index is 12.5. The second-order valence-electron chi connectivity index (χ2n) is 7.37. The second kappa shape index (κ2) is 10.1. The van der Waals surface area contributed by atoms with Crippen molar-refractivity contribution >= 4 is 49.6 Å². The Balaban J connectivity index is 1.29. The highest BCUT2D eigenvalue weighted by Crippen LogP contribution is 2.29. The average Bonchev–Trinajstić information content (AvgIpc) is 3.46. The molecule has 4 N–H and O–H groups in total. The van der Waals surface area contributed by atoms with E-state index in [1.807, 2.05) is 25.1 Å². The average molecular weight is 507 g/mol. The lowest BCUT2D eigenvalue weighted by atomic mass is 10.1. The van der Waals surface area contributed by atoms with Gasteiger partial charge in [-0.1, -0.05) is 23.7 Å². The number of nitrogens with one attached hydrogen (secondary N) is 3. The van der Waals surface area contributed by atoms with Crippen LogP contribution in [0.4, 0.5) is 5.69 Å². The van der Waals surface area contributed by atoms with Crippen LogP contribution in [0, 0.1) is 6.92 Å². The molecule has 11 heteroatoms. The molecule has 8 nitrogen and oxygen atoms in total. The monoisotopic (exact) mass is 506 g/mol. The molecule has 2 aromatic heterocycles. The zero-order chi connectivity index (χ0) is 23.4. The molecule has 1 atom stereocenters. The number of benzene rings is 2. The Labute approximate surface area is 200 Å². The van der Waals surface area contributed by atoms with Gasteiger partial charge in [-0.3, -0.25) is 9.82 Å². The summed E-state index contributed by atoms with van der Waals surface area (Å²) >= 11 is 7.28. The quantitative estimate of drug-likeness (QED) is 0.241. The highest BCUT2D eigenvalue weighted by molar-refractivity contribution is 7.94. The number of anilines is 1. The fourth-order valence-electron chi connectivity index (χ4n) is 3.25. The molecule has 0 saturated heterocycles. The summed E-state index contributed by atoms with van der Waals surface area (Å²) in [6, 6.07) is 13.7. The van der Waals surface area contributed by atoms with E-state index in [1.165, 1.54) is 12.1 Å². The molecule has 0 spiro atoms. The Kier molecular flexibility index (Phi) is 7.20. The molecule has 0 fully saturated rings. The van der Waals surface area contributed by atoms with Crippen molar-refractivity contribution in [1.82, 2.24) is 15.5 Å². The number of sulfonamides is 1. The van der Waals surface area contributed by atoms with Crippen LogP contribution in [0.2, 0.25) is 5.02 Å². The number of fused-ring (bicyclic) bond motifs is 1. The van der Waals surface area contributed by atoms with Crippen LogP contribution in [-0.4, -0.2) is 43.4 Å². The molecule has 174 valence electrons. The van der Waals surface area contributed by atoms with E-state index in [0.717, 1.165) is 33.7 Å². The summed E-state index contributed by atoms with van der Waals surface area (Å²) in [5.74, 6) is 0.719. The Bertz CT molecular complexity index is 1340. The van der Waals surface area contributed by atoms with E-state index in [-0.39, 0.29) is 21.5 Å². The summed E-state index contributed by atoms with van der Waals surface area (Å²) in [6.45, 7) is 3.15. The van der Waals surface area contributed by atoms with Gasteiger partial charge in [0.15, 0.2) is 0 Å². The topological polar surface area (TPSA) is 116 Å². The summed E-state index contributed by atoms with van der Waals surface area (Å²) in [5.41, 5.74) is 2.61. The van der Waals surface area contributed by atoms with Crippen LogP contribution in [0.15, 0.2) is 58.1 Å². The van der Waals surface area contributed by atoms with Gasteiger partial charge in [0.05, 0.1) is 22.3 Å². The first-order valence-corrected chi connectivity index (χ1v) is 12.9. The second-order valence-corrected chi connectivity index (χ2v) is 10.6. The number of halogens is 1. The predicted octanol–water partition coefficient (Wildman–Crippen LogP) is 4.09. The van der Waals surface area contributed by atoms with Gasteiger partial charge in [0.1, 0.15) is 16.6 Å². The fourth-order valence-corrected chi connectivity index (χ4v) is 5.54. The predicted molar refractivity (Wildman–Crippen MR) is 131 cm³/mol. The molecule has 2 heterocycles. The van der Waals surface area contributed by atoms with Crippen LogP contribution in [0.5, 0.6) is 5.75 Å². The zero-order valence-corrected chi connectivity index (χ0v) is 20.1. The molecule has 0 bridgehead atoms. The van der Waals surface area contributed by atoms with Gasteiger partial charge in [-0.25, -0.2) is 8.42 Å². The third kappa shape index (κ3) is 5.66. The number of aromatic amines is 1. The van der Waals surface area contributed by atoms with Gasteiger partial charge in [-0.05, 0) is 48.2 Å². The molecular weight excluding hydrogens is 484 g/mol. The Morgan fingerprint density at radius 3 is 2.88 bits per heavy atom. The standard InChI is InChI=1S/C22H23ClN4O4S2/c1-14-17-6-5-16(12-19(17)26-25-14)31-9-8-24-13-21(28)15-4-7-18(23)20(11-15)27-33(29,30)22-3-2-10-32-22/h2-7,10-12,21,24,27-28H,8-9,13H2,1H3,(H,25,26)/t21-/m0/s1. The molecule has 0 aliphatic carbocycles. The molecule has 0 radical (unpaired) electrons. The third-order valence-corrected chi connectivity index (χ3v) is 8.07. The largest absolute Gasteiger partial charge is 0.492 e. The Hall–Kier alpha value is -2.63. The SMILES string of the molecule is Cc1[nH]nc2cc(OCCNC[C@H](O)c3ccc(Cl)c(NS(=O)(=O)c4cccs4)c3)ccc12. The summed E-state index contributed by atoms with van der Waals surface area (Å²) in [6.07, 6.45) is -0.851. The number of hydrogen-bond acceptors (Lipinski definition) is 7. The van der Waals surface area contributed by atoms with Crippen molar-refractivity contribution in [3.63, 3.8) is 0 Å². The van der Waals surface area contributed by atoms with Gasteiger partial charge in [0, 0.05) is 30.2 Å². The molecule has 0 aliphatic rings. The lowest BCUT2D eigenvalue weighted by molar-refractivity contribution is 0.172.